The van der Waals surface area contributed by atoms with E-state index in [1.165, 1.54) is 14.2 Å². The molecular formula is C14H14BrClN2O3. The molecule has 0 aliphatic rings. The van der Waals surface area contributed by atoms with E-state index in [2.05, 4.69) is 26.2 Å². The number of phenolic OH excluding ortho intramolecular Hbond substituents is 1. The molecule has 5 nitrogen and oxygen atoms in total. The van der Waals surface area contributed by atoms with Crippen LogP contribution in [0.5, 0.6) is 17.2 Å². The van der Waals surface area contributed by atoms with E-state index in [1.807, 2.05) is 6.07 Å². The second kappa shape index (κ2) is 6.87. The van der Waals surface area contributed by atoms with Crippen molar-refractivity contribution in [3.05, 3.63) is 39.6 Å². The summed E-state index contributed by atoms with van der Waals surface area (Å²) in [5, 5.41) is 13.5. The van der Waals surface area contributed by atoms with Gasteiger partial charge in [0, 0.05) is 6.54 Å². The lowest BCUT2D eigenvalue weighted by Crippen LogP contribution is -2.01. The molecule has 0 fully saturated rings. The number of pyridine rings is 1. The molecule has 0 bridgehead atoms. The Bertz CT molecular complexity index is 627. The predicted molar refractivity (Wildman–Crippen MR) is 85.5 cm³/mol. The SMILES string of the molecule is COc1cc(CNc2cnc(Cl)c(Br)c2)cc(OC)c1O. The van der Waals surface area contributed by atoms with Crippen LogP contribution in [0.3, 0.4) is 0 Å². The Hall–Kier alpha value is -1.66. The number of rotatable bonds is 5. The third-order valence-electron chi connectivity index (χ3n) is 2.83. The topological polar surface area (TPSA) is 63.6 Å². The van der Waals surface area contributed by atoms with Crippen molar-refractivity contribution in [2.45, 2.75) is 6.54 Å². The fourth-order valence-corrected chi connectivity index (χ4v) is 2.22. The van der Waals surface area contributed by atoms with Crippen LogP contribution in [0.2, 0.25) is 5.15 Å². The van der Waals surface area contributed by atoms with Crippen LogP contribution in [-0.4, -0.2) is 24.3 Å². The largest absolute Gasteiger partial charge is 0.502 e. The maximum Gasteiger partial charge on any atom is 0.200 e. The maximum absolute atomic E-state index is 9.86. The first kappa shape index (κ1) is 15.7. The van der Waals surface area contributed by atoms with E-state index in [0.717, 1.165) is 15.7 Å². The highest BCUT2D eigenvalue weighted by Gasteiger charge is 2.11. The number of phenols is 1. The number of hydrogen-bond acceptors (Lipinski definition) is 5. The van der Waals surface area contributed by atoms with Crippen molar-refractivity contribution in [2.75, 3.05) is 19.5 Å². The summed E-state index contributed by atoms with van der Waals surface area (Å²) in [6.07, 6.45) is 1.64. The van der Waals surface area contributed by atoms with Crippen LogP contribution < -0.4 is 14.8 Å². The van der Waals surface area contributed by atoms with Crippen LogP contribution >= 0.6 is 27.5 Å². The highest BCUT2D eigenvalue weighted by molar-refractivity contribution is 9.10. The summed E-state index contributed by atoms with van der Waals surface area (Å²) in [6.45, 7) is 0.517. The van der Waals surface area contributed by atoms with Gasteiger partial charge in [-0.1, -0.05) is 11.6 Å². The summed E-state index contributed by atoms with van der Waals surface area (Å²) < 4.78 is 11.0. The smallest absolute Gasteiger partial charge is 0.200 e. The minimum Gasteiger partial charge on any atom is -0.502 e. The Kier molecular flexibility index (Phi) is 5.14. The Labute approximate surface area is 136 Å². The van der Waals surface area contributed by atoms with Crippen LogP contribution in [0.1, 0.15) is 5.56 Å². The normalized spacial score (nSPS) is 10.3. The molecule has 1 aromatic heterocycles. The van der Waals surface area contributed by atoms with Gasteiger partial charge in [-0.3, -0.25) is 0 Å². The summed E-state index contributed by atoms with van der Waals surface area (Å²) in [7, 11) is 2.98. The monoisotopic (exact) mass is 372 g/mol. The number of benzene rings is 1. The standard InChI is InChI=1S/C14H14BrClN2O3/c1-20-11-3-8(4-12(21-2)13(11)19)6-17-9-5-10(15)14(16)18-7-9/h3-5,7,17,19H,6H2,1-2H3. The number of methoxy groups -OCH3 is 2. The molecule has 2 N–H and O–H groups in total. The van der Waals surface area contributed by atoms with Gasteiger partial charge >= 0.3 is 0 Å². The molecule has 0 radical (unpaired) electrons. The van der Waals surface area contributed by atoms with Crippen molar-refractivity contribution in [1.82, 2.24) is 4.98 Å². The highest BCUT2D eigenvalue weighted by Crippen LogP contribution is 2.37. The van der Waals surface area contributed by atoms with Crippen LogP contribution in [-0.2, 0) is 6.54 Å². The van der Waals surface area contributed by atoms with Gasteiger partial charge in [0.25, 0.3) is 0 Å². The van der Waals surface area contributed by atoms with E-state index in [9.17, 15) is 5.11 Å². The van der Waals surface area contributed by atoms with Crippen LogP contribution in [0.15, 0.2) is 28.9 Å². The van der Waals surface area contributed by atoms with Crippen molar-refractivity contribution in [2.24, 2.45) is 0 Å². The molecule has 2 rings (SSSR count). The van der Waals surface area contributed by atoms with E-state index in [-0.39, 0.29) is 5.75 Å². The van der Waals surface area contributed by atoms with Gasteiger partial charge in [0.15, 0.2) is 11.5 Å². The Balaban J connectivity index is 2.17. The van der Waals surface area contributed by atoms with E-state index in [4.69, 9.17) is 21.1 Å². The number of ether oxygens (including phenoxy) is 2. The van der Waals surface area contributed by atoms with Gasteiger partial charge in [-0.05, 0) is 39.7 Å². The molecule has 21 heavy (non-hydrogen) atoms. The summed E-state index contributed by atoms with van der Waals surface area (Å²) in [5.74, 6) is 0.711. The quantitative estimate of drug-likeness (QED) is 0.780. The predicted octanol–water partition coefficient (Wildman–Crippen LogP) is 3.83. The molecule has 0 spiro atoms. The molecule has 0 aliphatic carbocycles. The number of halogens is 2. The molecule has 0 atom stereocenters. The number of nitrogens with zero attached hydrogens (tertiary/aromatic N) is 1. The average molecular weight is 374 g/mol. The molecule has 0 amide bonds. The molecule has 112 valence electrons. The van der Waals surface area contributed by atoms with E-state index >= 15 is 0 Å². The second-order valence-electron chi connectivity index (χ2n) is 4.20. The van der Waals surface area contributed by atoms with Gasteiger partial charge in [0.1, 0.15) is 5.15 Å². The fraction of sp³-hybridized carbons (Fsp3) is 0.214. The fourth-order valence-electron chi connectivity index (χ4n) is 1.77. The number of aromatic hydroxyl groups is 1. The van der Waals surface area contributed by atoms with Crippen molar-refractivity contribution in [3.8, 4) is 17.2 Å². The number of hydrogen-bond donors (Lipinski definition) is 2. The molecule has 1 heterocycles. The molecule has 0 saturated carbocycles. The van der Waals surface area contributed by atoms with Gasteiger partial charge in [0.2, 0.25) is 5.75 Å². The summed E-state index contributed by atoms with van der Waals surface area (Å²) in [5.41, 5.74) is 1.71. The summed E-state index contributed by atoms with van der Waals surface area (Å²) in [4.78, 5) is 4.04. The van der Waals surface area contributed by atoms with Gasteiger partial charge < -0.3 is 19.9 Å². The summed E-state index contributed by atoms with van der Waals surface area (Å²) >= 11 is 9.17. The molecule has 7 heteroatoms. The third kappa shape index (κ3) is 3.71. The van der Waals surface area contributed by atoms with Crippen molar-refractivity contribution < 1.29 is 14.6 Å². The first-order valence-corrected chi connectivity index (χ1v) is 7.21. The van der Waals surface area contributed by atoms with E-state index < -0.39 is 0 Å². The van der Waals surface area contributed by atoms with E-state index in [1.54, 1.807) is 18.3 Å². The van der Waals surface area contributed by atoms with Crippen LogP contribution in [0.4, 0.5) is 5.69 Å². The number of anilines is 1. The van der Waals surface area contributed by atoms with Gasteiger partial charge in [0.05, 0.1) is 30.6 Å². The Morgan fingerprint density at radius 1 is 1.24 bits per heavy atom. The van der Waals surface area contributed by atoms with Crippen LogP contribution in [0.25, 0.3) is 0 Å². The molecule has 2 aromatic rings. The van der Waals surface area contributed by atoms with E-state index in [0.29, 0.717) is 23.2 Å². The molecule has 1 aromatic carbocycles. The lowest BCUT2D eigenvalue weighted by Gasteiger charge is -2.12. The molecule has 0 aliphatic heterocycles. The minimum atomic E-state index is -0.0142. The zero-order chi connectivity index (χ0) is 15.4. The molecule has 0 unspecified atom stereocenters. The molecular weight excluding hydrogens is 360 g/mol. The first-order chi connectivity index (χ1) is 10.0. The number of nitrogens with one attached hydrogen (secondary N) is 1. The third-order valence-corrected chi connectivity index (χ3v) is 3.97. The zero-order valence-corrected chi connectivity index (χ0v) is 13.8. The minimum absolute atomic E-state index is 0.0142. The lowest BCUT2D eigenvalue weighted by molar-refractivity contribution is 0.339. The maximum atomic E-state index is 9.86. The van der Waals surface area contributed by atoms with Gasteiger partial charge in [-0.2, -0.15) is 0 Å². The second-order valence-corrected chi connectivity index (χ2v) is 5.41. The lowest BCUT2D eigenvalue weighted by atomic mass is 10.1. The van der Waals surface area contributed by atoms with Gasteiger partial charge in [-0.15, -0.1) is 0 Å². The number of aromatic nitrogens is 1. The zero-order valence-electron chi connectivity index (χ0n) is 11.5. The van der Waals surface area contributed by atoms with Crippen LogP contribution in [0, 0.1) is 0 Å². The Morgan fingerprint density at radius 2 is 1.86 bits per heavy atom. The first-order valence-electron chi connectivity index (χ1n) is 6.04. The van der Waals surface area contributed by atoms with Crippen molar-refractivity contribution in [1.29, 1.82) is 0 Å². The van der Waals surface area contributed by atoms with Crippen molar-refractivity contribution >= 4 is 33.2 Å². The molecule has 0 saturated heterocycles. The van der Waals surface area contributed by atoms with Crippen molar-refractivity contribution in [3.63, 3.8) is 0 Å². The Morgan fingerprint density at radius 3 is 2.38 bits per heavy atom. The average Bonchev–Trinajstić information content (AvgIpc) is 2.49. The van der Waals surface area contributed by atoms with Gasteiger partial charge in [-0.25, -0.2) is 4.98 Å². The summed E-state index contributed by atoms with van der Waals surface area (Å²) in [6, 6.07) is 5.32. The highest BCUT2D eigenvalue weighted by atomic mass is 79.9.